The number of nitrogens with one attached hydrogen (secondary N) is 2. The Morgan fingerprint density at radius 1 is 1.21 bits per heavy atom. The first-order chi connectivity index (χ1) is 15.9. The van der Waals surface area contributed by atoms with E-state index in [9.17, 15) is 13.2 Å². The van der Waals surface area contributed by atoms with E-state index in [2.05, 4.69) is 20.7 Å². The first kappa shape index (κ1) is 23.1. The maximum absolute atomic E-state index is 13.1. The van der Waals surface area contributed by atoms with Crippen LogP contribution in [0.25, 0.3) is 11.0 Å². The van der Waals surface area contributed by atoms with E-state index in [0.717, 1.165) is 35.1 Å². The topological polar surface area (TPSA) is 141 Å². The molecule has 3 aromatic rings. The van der Waals surface area contributed by atoms with Crippen molar-refractivity contribution in [1.82, 2.24) is 20.1 Å². The molecule has 1 fully saturated rings. The summed E-state index contributed by atoms with van der Waals surface area (Å²) in [5.41, 5.74) is 2.83. The lowest BCUT2D eigenvalue weighted by Crippen LogP contribution is -2.31. The second kappa shape index (κ2) is 9.86. The molecule has 1 aliphatic heterocycles. The number of fused-ring (bicyclic) bond motifs is 1. The molecule has 1 saturated heterocycles. The quantitative estimate of drug-likeness (QED) is 0.453. The number of nitrogens with zero attached hydrogens (tertiary/aromatic N) is 3. The van der Waals surface area contributed by atoms with E-state index in [-0.39, 0.29) is 16.8 Å². The number of aromatic nitrogens is 3. The Balaban J connectivity index is 1.50. The summed E-state index contributed by atoms with van der Waals surface area (Å²) in [6.45, 7) is 4.44. The van der Waals surface area contributed by atoms with Crippen molar-refractivity contribution >= 4 is 32.7 Å². The molecule has 0 unspecified atom stereocenters. The summed E-state index contributed by atoms with van der Waals surface area (Å²) in [5, 5.41) is 16.8. The molecule has 33 heavy (non-hydrogen) atoms. The molecule has 0 radical (unpaired) electrons. The lowest BCUT2D eigenvalue weighted by atomic mass is 10.1. The Morgan fingerprint density at radius 3 is 2.61 bits per heavy atom. The van der Waals surface area contributed by atoms with Gasteiger partial charge in [0.05, 0.1) is 27.7 Å². The predicted molar refractivity (Wildman–Crippen MR) is 125 cm³/mol. The third-order valence-electron chi connectivity index (χ3n) is 5.73. The average molecular weight is 473 g/mol. The number of sulfonamides is 1. The van der Waals surface area contributed by atoms with E-state index >= 15 is 0 Å². The number of anilines is 1. The number of nitrogens with two attached hydrogens (primary N) is 1. The van der Waals surface area contributed by atoms with Crippen LogP contribution in [0.5, 0.6) is 0 Å². The molecule has 0 atom stereocenters. The molecule has 0 spiro atoms. The van der Waals surface area contributed by atoms with Crippen molar-refractivity contribution in [3.8, 4) is 0 Å². The van der Waals surface area contributed by atoms with Gasteiger partial charge in [0.2, 0.25) is 10.0 Å². The van der Waals surface area contributed by atoms with Gasteiger partial charge in [-0.2, -0.15) is 5.10 Å². The van der Waals surface area contributed by atoms with Crippen LogP contribution in [-0.4, -0.2) is 54.9 Å². The zero-order valence-corrected chi connectivity index (χ0v) is 19.3. The second-order valence-electron chi connectivity index (χ2n) is 7.97. The molecule has 0 bridgehead atoms. The van der Waals surface area contributed by atoms with Crippen LogP contribution < -0.4 is 15.8 Å². The lowest BCUT2D eigenvalue weighted by molar-refractivity contribution is 0.0904. The smallest absolute Gasteiger partial charge is 0.254 e. The second-order valence-corrected chi connectivity index (χ2v) is 9.53. The SMILES string of the molecule is CCn1ncc2c(NC3CCOCC3)c(C(=O)NCCc3ccc(S(N)(=O)=O)cc3)cnc21. The summed E-state index contributed by atoms with van der Waals surface area (Å²) in [6, 6.07) is 6.52. The Morgan fingerprint density at radius 2 is 1.94 bits per heavy atom. The van der Waals surface area contributed by atoms with Gasteiger partial charge in [0.15, 0.2) is 5.65 Å². The molecule has 1 aliphatic rings. The van der Waals surface area contributed by atoms with Crippen LogP contribution in [0.3, 0.4) is 0 Å². The van der Waals surface area contributed by atoms with E-state index in [0.29, 0.717) is 38.3 Å². The molecule has 2 aromatic heterocycles. The molecule has 10 nitrogen and oxygen atoms in total. The minimum atomic E-state index is -3.72. The summed E-state index contributed by atoms with van der Waals surface area (Å²) in [5.74, 6) is -0.232. The minimum Gasteiger partial charge on any atom is -0.381 e. The van der Waals surface area contributed by atoms with Crippen LogP contribution in [0.2, 0.25) is 0 Å². The van der Waals surface area contributed by atoms with Crippen LogP contribution in [-0.2, 0) is 27.7 Å². The minimum absolute atomic E-state index is 0.0612. The van der Waals surface area contributed by atoms with Gasteiger partial charge in [-0.15, -0.1) is 0 Å². The van der Waals surface area contributed by atoms with Crippen molar-refractivity contribution in [2.24, 2.45) is 5.14 Å². The zero-order valence-electron chi connectivity index (χ0n) is 18.5. The number of rotatable bonds is 8. The van der Waals surface area contributed by atoms with Crippen LogP contribution in [0.1, 0.15) is 35.7 Å². The molecule has 11 heteroatoms. The fourth-order valence-corrected chi connectivity index (χ4v) is 4.41. The third-order valence-corrected chi connectivity index (χ3v) is 6.66. The molecule has 3 heterocycles. The van der Waals surface area contributed by atoms with Gasteiger partial charge in [0.25, 0.3) is 5.91 Å². The van der Waals surface area contributed by atoms with Crippen molar-refractivity contribution in [2.45, 2.75) is 43.7 Å². The van der Waals surface area contributed by atoms with E-state index in [4.69, 9.17) is 9.88 Å². The van der Waals surface area contributed by atoms with Gasteiger partial charge >= 0.3 is 0 Å². The van der Waals surface area contributed by atoms with Gasteiger partial charge in [-0.1, -0.05) is 12.1 Å². The lowest BCUT2D eigenvalue weighted by Gasteiger charge is -2.25. The Hall–Kier alpha value is -3.02. The number of aryl methyl sites for hydroxylation is 1. The highest BCUT2D eigenvalue weighted by Crippen LogP contribution is 2.28. The molecular weight excluding hydrogens is 444 g/mol. The van der Waals surface area contributed by atoms with Crippen molar-refractivity contribution in [3.05, 3.63) is 47.8 Å². The maximum atomic E-state index is 13.1. The summed E-state index contributed by atoms with van der Waals surface area (Å²) < 4.78 is 30.0. The number of primary sulfonamides is 1. The normalized spacial score (nSPS) is 15.0. The fourth-order valence-electron chi connectivity index (χ4n) is 3.89. The van der Waals surface area contributed by atoms with Gasteiger partial charge in [-0.05, 0) is 43.9 Å². The third kappa shape index (κ3) is 5.32. The summed E-state index contributed by atoms with van der Waals surface area (Å²) >= 11 is 0. The van der Waals surface area contributed by atoms with E-state index < -0.39 is 10.0 Å². The number of carbonyl (C=O) groups is 1. The van der Waals surface area contributed by atoms with Gasteiger partial charge in [-0.3, -0.25) is 4.79 Å². The molecule has 176 valence electrons. The van der Waals surface area contributed by atoms with Gasteiger partial charge in [0.1, 0.15) is 0 Å². The average Bonchev–Trinajstić information content (AvgIpc) is 3.23. The van der Waals surface area contributed by atoms with Gasteiger partial charge in [0, 0.05) is 38.5 Å². The highest BCUT2D eigenvalue weighted by Gasteiger charge is 2.22. The molecule has 0 aliphatic carbocycles. The predicted octanol–water partition coefficient (Wildman–Crippen LogP) is 1.66. The number of carbonyl (C=O) groups excluding carboxylic acids is 1. The Labute approximate surface area is 192 Å². The number of hydrogen-bond donors (Lipinski definition) is 3. The highest BCUT2D eigenvalue weighted by molar-refractivity contribution is 7.89. The summed E-state index contributed by atoms with van der Waals surface area (Å²) in [7, 11) is -3.72. The highest BCUT2D eigenvalue weighted by atomic mass is 32.2. The van der Waals surface area contributed by atoms with Crippen molar-refractivity contribution in [1.29, 1.82) is 0 Å². The molecule has 1 aromatic carbocycles. The standard InChI is InChI=1S/C22H28N6O4S/c1-2-28-21-18(14-26-28)20(27-16-8-11-32-12-9-16)19(13-25-21)22(29)24-10-7-15-3-5-17(6-4-15)33(23,30)31/h3-6,13-14,16H,2,7-12H2,1H3,(H,24,29)(H,25,27)(H2,23,30,31). The Bertz CT molecular complexity index is 1230. The largest absolute Gasteiger partial charge is 0.381 e. The molecule has 4 N–H and O–H groups in total. The molecule has 1 amide bonds. The zero-order chi connectivity index (χ0) is 23.4. The van der Waals surface area contributed by atoms with Gasteiger partial charge < -0.3 is 15.4 Å². The van der Waals surface area contributed by atoms with Crippen LogP contribution in [0.4, 0.5) is 5.69 Å². The van der Waals surface area contributed by atoms with Gasteiger partial charge in [-0.25, -0.2) is 23.2 Å². The van der Waals surface area contributed by atoms with Crippen molar-refractivity contribution in [2.75, 3.05) is 25.1 Å². The van der Waals surface area contributed by atoms with E-state index in [1.54, 1.807) is 29.2 Å². The fraction of sp³-hybridized carbons (Fsp3) is 0.409. The molecule has 4 rings (SSSR count). The van der Waals surface area contributed by atoms with E-state index in [1.165, 1.54) is 12.1 Å². The number of ether oxygens (including phenoxy) is 1. The van der Waals surface area contributed by atoms with E-state index in [1.807, 2.05) is 6.92 Å². The van der Waals surface area contributed by atoms with Crippen molar-refractivity contribution < 1.29 is 17.9 Å². The number of amides is 1. The first-order valence-electron chi connectivity index (χ1n) is 11.0. The molecular formula is C22H28N6O4S. The Kier molecular flexibility index (Phi) is 6.91. The number of hydrogen-bond acceptors (Lipinski definition) is 7. The van der Waals surface area contributed by atoms with Crippen LogP contribution in [0.15, 0.2) is 41.6 Å². The van der Waals surface area contributed by atoms with Crippen molar-refractivity contribution in [3.63, 3.8) is 0 Å². The van der Waals surface area contributed by atoms with Crippen LogP contribution >= 0.6 is 0 Å². The summed E-state index contributed by atoms with van der Waals surface area (Å²) in [4.78, 5) is 17.6. The maximum Gasteiger partial charge on any atom is 0.254 e. The van der Waals surface area contributed by atoms with Crippen LogP contribution in [0, 0.1) is 0 Å². The monoisotopic (exact) mass is 472 g/mol. The first-order valence-corrected chi connectivity index (χ1v) is 12.5. The molecule has 0 saturated carbocycles. The number of benzene rings is 1. The summed E-state index contributed by atoms with van der Waals surface area (Å²) in [6.07, 6.45) is 5.61. The number of pyridine rings is 1.